The van der Waals surface area contributed by atoms with Gasteiger partial charge in [-0.15, -0.1) is 0 Å². The second kappa shape index (κ2) is 11.0. The van der Waals surface area contributed by atoms with Gasteiger partial charge in [-0.05, 0) is 36.6 Å². The van der Waals surface area contributed by atoms with Gasteiger partial charge in [-0.3, -0.25) is 9.59 Å². The van der Waals surface area contributed by atoms with E-state index in [2.05, 4.69) is 34.9 Å². The highest BCUT2D eigenvalue weighted by molar-refractivity contribution is 5.94. The Bertz CT molecular complexity index is 888. The van der Waals surface area contributed by atoms with E-state index in [0.717, 1.165) is 0 Å². The summed E-state index contributed by atoms with van der Waals surface area (Å²) in [5.41, 5.74) is 2.97. The van der Waals surface area contributed by atoms with Gasteiger partial charge in [-0.2, -0.15) is 0 Å². The van der Waals surface area contributed by atoms with Crippen molar-refractivity contribution in [3.8, 4) is 0 Å². The van der Waals surface area contributed by atoms with Gasteiger partial charge < -0.3 is 10.6 Å². The van der Waals surface area contributed by atoms with Crippen LogP contribution < -0.4 is 10.6 Å². The fourth-order valence-electron chi connectivity index (χ4n) is 3.64. The minimum Gasteiger partial charge on any atom is -0.353 e. The van der Waals surface area contributed by atoms with Crippen LogP contribution in [0, 0.1) is 0 Å². The Hall–Kier alpha value is -3.40. The summed E-state index contributed by atoms with van der Waals surface area (Å²) < 4.78 is 0. The third kappa shape index (κ3) is 6.05. The SMILES string of the molecule is C[C@@H](NC(=O)CCCNC(=O)c1ccccc1)C(c1ccccc1)c1ccccc1. The molecule has 2 N–H and O–H groups in total. The molecule has 0 unspecified atom stereocenters. The first-order valence-corrected chi connectivity index (χ1v) is 10.4. The number of hydrogen-bond acceptors (Lipinski definition) is 2. The fraction of sp³-hybridized carbons (Fsp3) is 0.231. The van der Waals surface area contributed by atoms with E-state index in [1.54, 1.807) is 12.1 Å². The molecular formula is C26H28N2O2. The van der Waals surface area contributed by atoms with Crippen molar-refractivity contribution in [3.63, 3.8) is 0 Å². The molecule has 0 fully saturated rings. The molecule has 0 spiro atoms. The number of rotatable bonds is 9. The van der Waals surface area contributed by atoms with Crippen molar-refractivity contribution in [1.82, 2.24) is 10.6 Å². The van der Waals surface area contributed by atoms with E-state index >= 15 is 0 Å². The van der Waals surface area contributed by atoms with Crippen LogP contribution in [0.1, 0.15) is 47.2 Å². The molecule has 3 aromatic carbocycles. The maximum atomic E-state index is 12.5. The molecule has 0 aliphatic rings. The predicted molar refractivity (Wildman–Crippen MR) is 120 cm³/mol. The first-order valence-electron chi connectivity index (χ1n) is 10.4. The number of nitrogens with one attached hydrogen (secondary N) is 2. The van der Waals surface area contributed by atoms with Crippen molar-refractivity contribution < 1.29 is 9.59 Å². The summed E-state index contributed by atoms with van der Waals surface area (Å²) in [5.74, 6) is -0.0416. The van der Waals surface area contributed by atoms with Gasteiger partial charge in [0.1, 0.15) is 0 Å². The van der Waals surface area contributed by atoms with E-state index in [1.807, 2.05) is 61.5 Å². The summed E-state index contributed by atoms with van der Waals surface area (Å²) in [6.07, 6.45) is 0.966. The Kier molecular flexibility index (Phi) is 7.78. The molecule has 2 amide bonds. The Labute approximate surface area is 178 Å². The third-order valence-corrected chi connectivity index (χ3v) is 5.11. The third-order valence-electron chi connectivity index (χ3n) is 5.11. The van der Waals surface area contributed by atoms with Crippen LogP contribution in [0.5, 0.6) is 0 Å². The lowest BCUT2D eigenvalue weighted by molar-refractivity contribution is -0.121. The highest BCUT2D eigenvalue weighted by atomic mass is 16.2. The Morgan fingerprint density at radius 3 is 1.80 bits per heavy atom. The van der Waals surface area contributed by atoms with Crippen LogP contribution in [0.25, 0.3) is 0 Å². The fourth-order valence-corrected chi connectivity index (χ4v) is 3.64. The van der Waals surface area contributed by atoms with Crippen molar-refractivity contribution in [2.75, 3.05) is 6.54 Å². The molecule has 154 valence electrons. The molecule has 0 heterocycles. The summed E-state index contributed by atoms with van der Waals surface area (Å²) >= 11 is 0. The van der Waals surface area contributed by atoms with Crippen molar-refractivity contribution in [2.24, 2.45) is 0 Å². The lowest BCUT2D eigenvalue weighted by Gasteiger charge is -2.26. The summed E-state index contributed by atoms with van der Waals surface area (Å²) in [6.45, 7) is 2.51. The van der Waals surface area contributed by atoms with Gasteiger partial charge >= 0.3 is 0 Å². The zero-order valence-electron chi connectivity index (χ0n) is 17.3. The highest BCUT2D eigenvalue weighted by Gasteiger charge is 2.22. The number of hydrogen-bond donors (Lipinski definition) is 2. The molecule has 1 atom stereocenters. The average molecular weight is 401 g/mol. The molecule has 0 aromatic heterocycles. The molecule has 3 rings (SSSR count). The first-order chi connectivity index (χ1) is 14.6. The number of benzene rings is 3. The van der Waals surface area contributed by atoms with Crippen LogP contribution in [0.15, 0.2) is 91.0 Å². The van der Waals surface area contributed by atoms with Crippen molar-refractivity contribution >= 4 is 11.8 Å². The van der Waals surface area contributed by atoms with Crippen molar-refractivity contribution in [3.05, 3.63) is 108 Å². The van der Waals surface area contributed by atoms with Gasteiger partial charge in [-0.25, -0.2) is 0 Å². The molecule has 4 heteroatoms. The summed E-state index contributed by atoms with van der Waals surface area (Å²) in [6, 6.07) is 29.5. The van der Waals surface area contributed by atoms with E-state index < -0.39 is 0 Å². The largest absolute Gasteiger partial charge is 0.353 e. The second-order valence-electron chi connectivity index (χ2n) is 7.38. The van der Waals surface area contributed by atoms with Crippen LogP contribution >= 0.6 is 0 Å². The van der Waals surface area contributed by atoms with Gasteiger partial charge in [0, 0.05) is 30.5 Å². The number of carbonyl (C=O) groups is 2. The van der Waals surface area contributed by atoms with Gasteiger partial charge in [0.05, 0.1) is 0 Å². The van der Waals surface area contributed by atoms with Crippen LogP contribution in [0.2, 0.25) is 0 Å². The number of amides is 2. The maximum Gasteiger partial charge on any atom is 0.251 e. The van der Waals surface area contributed by atoms with Crippen LogP contribution in [0.3, 0.4) is 0 Å². The van der Waals surface area contributed by atoms with Crippen molar-refractivity contribution in [2.45, 2.75) is 31.7 Å². The maximum absolute atomic E-state index is 12.5. The monoisotopic (exact) mass is 400 g/mol. The lowest BCUT2D eigenvalue weighted by atomic mass is 9.86. The lowest BCUT2D eigenvalue weighted by Crippen LogP contribution is -2.37. The van der Waals surface area contributed by atoms with E-state index in [0.29, 0.717) is 24.9 Å². The van der Waals surface area contributed by atoms with Crippen LogP contribution in [-0.4, -0.2) is 24.4 Å². The first kappa shape index (κ1) is 21.3. The summed E-state index contributed by atoms with van der Waals surface area (Å²) in [7, 11) is 0. The second-order valence-corrected chi connectivity index (χ2v) is 7.38. The summed E-state index contributed by atoms with van der Waals surface area (Å²) in [5, 5.41) is 6.01. The quantitative estimate of drug-likeness (QED) is 0.518. The van der Waals surface area contributed by atoms with Crippen LogP contribution in [0.4, 0.5) is 0 Å². The van der Waals surface area contributed by atoms with E-state index in [9.17, 15) is 9.59 Å². The van der Waals surface area contributed by atoms with E-state index in [4.69, 9.17) is 0 Å². The molecule has 0 bridgehead atoms. The molecule has 0 aliphatic carbocycles. The van der Waals surface area contributed by atoms with Gasteiger partial charge in [0.15, 0.2) is 0 Å². The van der Waals surface area contributed by atoms with Gasteiger partial charge in [-0.1, -0.05) is 78.9 Å². The topological polar surface area (TPSA) is 58.2 Å². The zero-order valence-corrected chi connectivity index (χ0v) is 17.3. The zero-order chi connectivity index (χ0) is 21.2. The highest BCUT2D eigenvalue weighted by Crippen LogP contribution is 2.28. The molecule has 0 aliphatic heterocycles. The average Bonchev–Trinajstić information content (AvgIpc) is 2.79. The Morgan fingerprint density at radius 2 is 1.27 bits per heavy atom. The Morgan fingerprint density at radius 1 is 0.767 bits per heavy atom. The van der Waals surface area contributed by atoms with Gasteiger partial charge in [0.25, 0.3) is 5.91 Å². The minimum atomic E-state index is -0.113. The minimum absolute atomic E-state index is 0.00618. The standard InChI is InChI=1S/C26H28N2O2/c1-20(25(21-12-5-2-6-13-21)22-14-7-3-8-15-22)28-24(29)18-11-19-27-26(30)23-16-9-4-10-17-23/h2-10,12-17,20,25H,11,18-19H2,1H3,(H,27,30)(H,28,29)/t20-/m1/s1. The van der Waals surface area contributed by atoms with Crippen molar-refractivity contribution in [1.29, 1.82) is 0 Å². The summed E-state index contributed by atoms with van der Waals surface area (Å²) in [4.78, 5) is 24.6. The predicted octanol–water partition coefficient (Wildman–Crippen LogP) is 4.53. The molecule has 0 radical (unpaired) electrons. The molecule has 0 saturated heterocycles. The molecular weight excluding hydrogens is 372 g/mol. The molecule has 0 saturated carbocycles. The van der Waals surface area contributed by atoms with Gasteiger partial charge in [0.2, 0.25) is 5.91 Å². The van der Waals surface area contributed by atoms with E-state index in [1.165, 1.54) is 11.1 Å². The molecule has 4 nitrogen and oxygen atoms in total. The number of carbonyl (C=O) groups excluding carboxylic acids is 2. The Balaban J connectivity index is 1.52. The molecule has 30 heavy (non-hydrogen) atoms. The normalized spacial score (nSPS) is 11.7. The van der Waals surface area contributed by atoms with Crippen LogP contribution in [-0.2, 0) is 4.79 Å². The van der Waals surface area contributed by atoms with E-state index in [-0.39, 0.29) is 23.8 Å². The smallest absolute Gasteiger partial charge is 0.251 e. The molecule has 3 aromatic rings.